The van der Waals surface area contributed by atoms with E-state index in [9.17, 15) is 4.39 Å². The van der Waals surface area contributed by atoms with Crippen molar-refractivity contribution in [3.8, 4) is 11.5 Å². The summed E-state index contributed by atoms with van der Waals surface area (Å²) >= 11 is 0. The SMILES string of the molecule is Cc1c(COc2cccc(F)c2)oc2cccc(OCCCNCc3cccnc3)c12. The molecule has 0 fully saturated rings. The maximum Gasteiger partial charge on any atom is 0.146 e. The highest BCUT2D eigenvalue weighted by Crippen LogP contribution is 2.33. The van der Waals surface area contributed by atoms with E-state index in [2.05, 4.69) is 16.4 Å². The summed E-state index contributed by atoms with van der Waals surface area (Å²) in [6.45, 7) is 4.44. The molecule has 0 saturated heterocycles. The molecule has 0 aliphatic carbocycles. The van der Waals surface area contributed by atoms with Crippen LogP contribution in [0.3, 0.4) is 0 Å². The van der Waals surface area contributed by atoms with Crippen molar-refractivity contribution in [1.82, 2.24) is 10.3 Å². The summed E-state index contributed by atoms with van der Waals surface area (Å²) in [5.74, 6) is 1.64. The number of aryl methyl sites for hydroxylation is 1. The van der Waals surface area contributed by atoms with Crippen LogP contribution in [0.5, 0.6) is 11.5 Å². The normalized spacial score (nSPS) is 11.0. The molecule has 5 nitrogen and oxygen atoms in total. The predicted octanol–water partition coefficient (Wildman–Crippen LogP) is 5.41. The van der Waals surface area contributed by atoms with Crippen LogP contribution in [0.25, 0.3) is 11.0 Å². The lowest BCUT2D eigenvalue weighted by molar-refractivity contribution is 0.272. The number of rotatable bonds is 10. The van der Waals surface area contributed by atoms with Gasteiger partial charge in [0, 0.05) is 30.6 Å². The molecule has 0 atom stereocenters. The van der Waals surface area contributed by atoms with Gasteiger partial charge in [0.15, 0.2) is 0 Å². The van der Waals surface area contributed by atoms with Crippen molar-refractivity contribution < 1.29 is 18.3 Å². The zero-order valence-electron chi connectivity index (χ0n) is 17.4. The second kappa shape index (κ2) is 10.1. The van der Waals surface area contributed by atoms with Crippen LogP contribution in [0.15, 0.2) is 71.4 Å². The van der Waals surface area contributed by atoms with Crippen molar-refractivity contribution in [1.29, 1.82) is 0 Å². The van der Waals surface area contributed by atoms with Crippen LogP contribution in [0.2, 0.25) is 0 Å². The summed E-state index contributed by atoms with van der Waals surface area (Å²) in [6.07, 6.45) is 4.51. The summed E-state index contributed by atoms with van der Waals surface area (Å²) in [4.78, 5) is 4.11. The standard InChI is InChI=1S/C25H25FN2O3/c1-18-24(17-30-21-8-2-7-20(26)14-21)31-23-10-3-9-22(25(18)23)29-13-5-12-28-16-19-6-4-11-27-15-19/h2-4,6-11,14-15,28H,5,12-13,16-17H2,1H3. The highest BCUT2D eigenvalue weighted by atomic mass is 19.1. The molecule has 0 spiro atoms. The van der Waals surface area contributed by atoms with Crippen LogP contribution in [0.1, 0.15) is 23.3 Å². The Labute approximate surface area is 180 Å². The predicted molar refractivity (Wildman–Crippen MR) is 118 cm³/mol. The highest BCUT2D eigenvalue weighted by Gasteiger charge is 2.15. The zero-order valence-corrected chi connectivity index (χ0v) is 17.4. The number of hydrogen-bond donors (Lipinski definition) is 1. The van der Waals surface area contributed by atoms with E-state index < -0.39 is 0 Å². The Morgan fingerprint density at radius 3 is 2.81 bits per heavy atom. The average Bonchev–Trinajstić information content (AvgIpc) is 3.12. The Bertz CT molecular complexity index is 1130. The van der Waals surface area contributed by atoms with Crippen molar-refractivity contribution in [3.05, 3.63) is 89.7 Å². The number of ether oxygens (including phenoxy) is 2. The van der Waals surface area contributed by atoms with Crippen LogP contribution in [-0.4, -0.2) is 18.1 Å². The van der Waals surface area contributed by atoms with Crippen LogP contribution in [-0.2, 0) is 13.2 Å². The molecule has 31 heavy (non-hydrogen) atoms. The van der Waals surface area contributed by atoms with Crippen molar-refractivity contribution in [2.45, 2.75) is 26.5 Å². The van der Waals surface area contributed by atoms with E-state index in [1.807, 2.05) is 37.4 Å². The molecule has 4 rings (SSSR count). The van der Waals surface area contributed by atoms with E-state index in [1.54, 1.807) is 18.3 Å². The van der Waals surface area contributed by atoms with Gasteiger partial charge in [0.1, 0.15) is 35.3 Å². The van der Waals surface area contributed by atoms with Crippen LogP contribution in [0, 0.1) is 12.7 Å². The molecule has 2 aromatic heterocycles. The fourth-order valence-electron chi connectivity index (χ4n) is 3.39. The second-order valence-corrected chi connectivity index (χ2v) is 7.27. The molecule has 0 amide bonds. The molecule has 2 heterocycles. The molecule has 0 aliphatic heterocycles. The van der Waals surface area contributed by atoms with E-state index in [0.717, 1.165) is 47.4 Å². The first-order valence-corrected chi connectivity index (χ1v) is 10.3. The number of benzene rings is 2. The number of pyridine rings is 1. The Hall–Kier alpha value is -3.38. The van der Waals surface area contributed by atoms with Crippen molar-refractivity contribution in [2.24, 2.45) is 0 Å². The Morgan fingerprint density at radius 1 is 1.06 bits per heavy atom. The van der Waals surface area contributed by atoms with Gasteiger partial charge in [-0.05, 0) is 55.8 Å². The van der Waals surface area contributed by atoms with Crippen molar-refractivity contribution in [3.63, 3.8) is 0 Å². The molecular formula is C25H25FN2O3. The van der Waals surface area contributed by atoms with E-state index in [0.29, 0.717) is 18.1 Å². The number of halogens is 1. The van der Waals surface area contributed by atoms with Crippen molar-refractivity contribution >= 4 is 11.0 Å². The molecule has 0 saturated carbocycles. The third-order valence-electron chi connectivity index (χ3n) is 4.99. The minimum Gasteiger partial charge on any atom is -0.493 e. The molecule has 1 N–H and O–H groups in total. The number of fused-ring (bicyclic) bond motifs is 1. The molecular weight excluding hydrogens is 395 g/mol. The Kier molecular flexibility index (Phi) is 6.79. The number of nitrogens with one attached hydrogen (secondary N) is 1. The third-order valence-corrected chi connectivity index (χ3v) is 4.99. The topological polar surface area (TPSA) is 56.5 Å². The fraction of sp³-hybridized carbons (Fsp3) is 0.240. The van der Waals surface area contributed by atoms with Gasteiger partial charge in [-0.2, -0.15) is 0 Å². The number of aromatic nitrogens is 1. The van der Waals surface area contributed by atoms with Crippen LogP contribution >= 0.6 is 0 Å². The molecule has 0 unspecified atom stereocenters. The second-order valence-electron chi connectivity index (χ2n) is 7.27. The highest BCUT2D eigenvalue weighted by molar-refractivity contribution is 5.88. The number of furan rings is 1. The van der Waals surface area contributed by atoms with Gasteiger partial charge < -0.3 is 19.2 Å². The molecule has 0 radical (unpaired) electrons. The minimum atomic E-state index is -0.329. The minimum absolute atomic E-state index is 0.224. The number of nitrogens with zero attached hydrogens (tertiary/aromatic N) is 1. The zero-order chi connectivity index (χ0) is 21.5. The summed E-state index contributed by atoms with van der Waals surface area (Å²) in [6, 6.07) is 15.8. The first kappa shape index (κ1) is 20.9. The van der Waals surface area contributed by atoms with Gasteiger partial charge in [-0.15, -0.1) is 0 Å². The Morgan fingerprint density at radius 2 is 1.97 bits per heavy atom. The van der Waals surface area contributed by atoms with Gasteiger partial charge in [0.05, 0.1) is 12.0 Å². The fourth-order valence-corrected chi connectivity index (χ4v) is 3.39. The molecule has 160 valence electrons. The molecule has 4 aromatic rings. The van der Waals surface area contributed by atoms with Gasteiger partial charge in [-0.25, -0.2) is 4.39 Å². The maximum absolute atomic E-state index is 13.3. The van der Waals surface area contributed by atoms with Gasteiger partial charge >= 0.3 is 0 Å². The smallest absolute Gasteiger partial charge is 0.146 e. The first-order valence-electron chi connectivity index (χ1n) is 10.3. The lowest BCUT2D eigenvalue weighted by atomic mass is 10.1. The monoisotopic (exact) mass is 420 g/mol. The lowest BCUT2D eigenvalue weighted by Gasteiger charge is -2.09. The van der Waals surface area contributed by atoms with Gasteiger partial charge in [-0.1, -0.05) is 18.2 Å². The van der Waals surface area contributed by atoms with E-state index in [-0.39, 0.29) is 12.4 Å². The lowest BCUT2D eigenvalue weighted by Crippen LogP contribution is -2.17. The average molecular weight is 420 g/mol. The molecule has 2 aromatic carbocycles. The molecule has 0 aliphatic rings. The summed E-state index contributed by atoms with van der Waals surface area (Å²) in [5.41, 5.74) is 2.88. The Balaban J connectivity index is 1.33. The summed E-state index contributed by atoms with van der Waals surface area (Å²) in [7, 11) is 0. The van der Waals surface area contributed by atoms with Crippen molar-refractivity contribution in [2.75, 3.05) is 13.2 Å². The quantitative estimate of drug-likeness (QED) is 0.348. The summed E-state index contributed by atoms with van der Waals surface area (Å²) < 4.78 is 31.1. The first-order chi connectivity index (χ1) is 15.2. The maximum atomic E-state index is 13.3. The molecule has 0 bridgehead atoms. The largest absolute Gasteiger partial charge is 0.493 e. The third kappa shape index (κ3) is 5.41. The van der Waals surface area contributed by atoms with E-state index in [1.165, 1.54) is 12.1 Å². The van der Waals surface area contributed by atoms with Crippen LogP contribution < -0.4 is 14.8 Å². The number of hydrogen-bond acceptors (Lipinski definition) is 5. The van der Waals surface area contributed by atoms with Gasteiger partial charge in [-0.3, -0.25) is 4.98 Å². The van der Waals surface area contributed by atoms with Crippen LogP contribution in [0.4, 0.5) is 4.39 Å². The van der Waals surface area contributed by atoms with Gasteiger partial charge in [0.2, 0.25) is 0 Å². The van der Waals surface area contributed by atoms with E-state index >= 15 is 0 Å². The summed E-state index contributed by atoms with van der Waals surface area (Å²) in [5, 5.41) is 4.34. The van der Waals surface area contributed by atoms with E-state index in [4.69, 9.17) is 13.9 Å². The molecule has 6 heteroatoms. The van der Waals surface area contributed by atoms with Gasteiger partial charge in [0.25, 0.3) is 0 Å².